The summed E-state index contributed by atoms with van der Waals surface area (Å²) in [4.78, 5) is 0. The maximum absolute atomic E-state index is 6.30. The Hall–Kier alpha value is -0.0400. The quantitative estimate of drug-likeness (QED) is 0.478. The van der Waals surface area contributed by atoms with Crippen LogP contribution in [0.15, 0.2) is 0 Å². The number of ether oxygens (including phenoxy) is 1. The molecule has 5 aliphatic rings. The highest BCUT2D eigenvalue weighted by molar-refractivity contribution is 4.97. The molecule has 5 rings (SSSR count). The molecular weight excluding hydrogens is 340 g/mol. The Morgan fingerprint density at radius 1 is 0.464 bits per heavy atom. The van der Waals surface area contributed by atoms with Gasteiger partial charge in [-0.15, -0.1) is 0 Å². The molecule has 8 atom stereocenters. The lowest BCUT2D eigenvalue weighted by molar-refractivity contribution is -0.0802. The van der Waals surface area contributed by atoms with Crippen LogP contribution in [0, 0.1) is 53.3 Å². The van der Waals surface area contributed by atoms with Crippen molar-refractivity contribution in [3.63, 3.8) is 0 Å². The third kappa shape index (κ3) is 4.08. The molecule has 0 aromatic rings. The molecule has 1 heteroatoms. The van der Waals surface area contributed by atoms with Gasteiger partial charge in [0.25, 0.3) is 0 Å². The Balaban J connectivity index is 1.15. The minimum atomic E-state index is 0.610. The fourth-order valence-corrected chi connectivity index (χ4v) is 8.67. The van der Waals surface area contributed by atoms with Gasteiger partial charge < -0.3 is 4.74 Å². The SMILES string of the molecule is CC1CCC(C2CCC3C(CCC4CC(C5CCC(C)CO5)CCC43)C2)CC1. The second kappa shape index (κ2) is 8.60. The Morgan fingerprint density at radius 3 is 1.64 bits per heavy atom. The van der Waals surface area contributed by atoms with E-state index < -0.39 is 0 Å². The molecule has 160 valence electrons. The van der Waals surface area contributed by atoms with Crippen LogP contribution >= 0.6 is 0 Å². The summed E-state index contributed by atoms with van der Waals surface area (Å²) in [6.45, 7) is 5.86. The van der Waals surface area contributed by atoms with Gasteiger partial charge in [0.05, 0.1) is 6.10 Å². The lowest BCUT2D eigenvalue weighted by Crippen LogP contribution is -2.44. The van der Waals surface area contributed by atoms with Gasteiger partial charge in [-0.3, -0.25) is 0 Å². The molecular formula is C27H46O. The zero-order chi connectivity index (χ0) is 19.1. The van der Waals surface area contributed by atoms with E-state index in [1.54, 1.807) is 44.9 Å². The molecule has 0 aromatic carbocycles. The van der Waals surface area contributed by atoms with Crippen molar-refractivity contribution in [3.05, 3.63) is 0 Å². The molecule has 0 aromatic heterocycles. The maximum Gasteiger partial charge on any atom is 0.0603 e. The average Bonchev–Trinajstić information content (AvgIpc) is 2.74. The zero-order valence-corrected chi connectivity index (χ0v) is 18.8. The Morgan fingerprint density at radius 2 is 1.00 bits per heavy atom. The molecule has 0 spiro atoms. The summed E-state index contributed by atoms with van der Waals surface area (Å²) in [5.74, 6) is 9.23. The normalized spacial score (nSPS) is 52.5. The second-order valence-corrected chi connectivity index (χ2v) is 12.1. The standard InChI is InChI=1S/C27H46O/c1-18-3-6-20(7-4-18)21-10-12-25-22(15-21)8-9-23-16-24(11-13-26(23)25)27-14-5-19(2)17-28-27/h18-27H,3-17H2,1-2H3. The molecule has 0 radical (unpaired) electrons. The Kier molecular flexibility index (Phi) is 6.11. The molecule has 0 amide bonds. The summed E-state index contributed by atoms with van der Waals surface area (Å²) >= 11 is 0. The third-order valence-electron chi connectivity index (χ3n) is 10.4. The van der Waals surface area contributed by atoms with Crippen LogP contribution in [0.4, 0.5) is 0 Å². The maximum atomic E-state index is 6.30. The Labute approximate surface area is 174 Å². The number of hydrogen-bond donors (Lipinski definition) is 0. The largest absolute Gasteiger partial charge is 0.378 e. The minimum absolute atomic E-state index is 0.610. The van der Waals surface area contributed by atoms with E-state index in [-0.39, 0.29) is 0 Å². The first kappa shape index (κ1) is 19.9. The summed E-state index contributed by atoms with van der Waals surface area (Å²) in [7, 11) is 0. The van der Waals surface area contributed by atoms with Crippen molar-refractivity contribution in [3.8, 4) is 0 Å². The van der Waals surface area contributed by atoms with Crippen LogP contribution < -0.4 is 0 Å². The molecule has 4 aliphatic carbocycles. The summed E-state index contributed by atoms with van der Waals surface area (Å²) in [5.41, 5.74) is 0. The van der Waals surface area contributed by atoms with Crippen LogP contribution in [0.1, 0.15) is 104 Å². The van der Waals surface area contributed by atoms with E-state index in [0.29, 0.717) is 6.10 Å². The van der Waals surface area contributed by atoms with Crippen molar-refractivity contribution in [2.45, 2.75) is 110 Å². The third-order valence-corrected chi connectivity index (χ3v) is 10.4. The van der Waals surface area contributed by atoms with Crippen molar-refractivity contribution in [1.82, 2.24) is 0 Å². The second-order valence-electron chi connectivity index (χ2n) is 12.1. The van der Waals surface area contributed by atoms with Crippen LogP contribution in [-0.4, -0.2) is 12.7 Å². The molecule has 1 saturated heterocycles. The van der Waals surface area contributed by atoms with Gasteiger partial charge in [-0.05, 0) is 130 Å². The van der Waals surface area contributed by atoms with Gasteiger partial charge in [0.2, 0.25) is 0 Å². The Bertz CT molecular complexity index is 452. The average molecular weight is 387 g/mol. The van der Waals surface area contributed by atoms with Crippen LogP contribution in [0.5, 0.6) is 0 Å². The predicted molar refractivity (Wildman–Crippen MR) is 117 cm³/mol. The van der Waals surface area contributed by atoms with E-state index in [2.05, 4.69) is 13.8 Å². The van der Waals surface area contributed by atoms with E-state index in [0.717, 1.165) is 59.9 Å². The van der Waals surface area contributed by atoms with E-state index in [1.165, 1.54) is 44.9 Å². The van der Waals surface area contributed by atoms with Gasteiger partial charge in [-0.25, -0.2) is 0 Å². The fraction of sp³-hybridized carbons (Fsp3) is 1.00. The number of fused-ring (bicyclic) bond motifs is 3. The van der Waals surface area contributed by atoms with Crippen molar-refractivity contribution >= 4 is 0 Å². The topological polar surface area (TPSA) is 9.23 Å². The minimum Gasteiger partial charge on any atom is -0.378 e. The molecule has 0 N–H and O–H groups in total. The molecule has 4 saturated carbocycles. The van der Waals surface area contributed by atoms with Gasteiger partial charge >= 0.3 is 0 Å². The molecule has 1 nitrogen and oxygen atoms in total. The van der Waals surface area contributed by atoms with Gasteiger partial charge in [0.15, 0.2) is 0 Å². The first-order valence-electron chi connectivity index (χ1n) is 13.3. The molecule has 1 heterocycles. The monoisotopic (exact) mass is 386 g/mol. The van der Waals surface area contributed by atoms with Crippen LogP contribution in [0.3, 0.4) is 0 Å². The van der Waals surface area contributed by atoms with E-state index in [1.807, 2.05) is 0 Å². The van der Waals surface area contributed by atoms with Gasteiger partial charge in [-0.1, -0.05) is 26.7 Å². The van der Waals surface area contributed by atoms with Crippen LogP contribution in [-0.2, 0) is 4.74 Å². The highest BCUT2D eigenvalue weighted by atomic mass is 16.5. The smallest absolute Gasteiger partial charge is 0.0603 e. The van der Waals surface area contributed by atoms with E-state index >= 15 is 0 Å². The summed E-state index contributed by atoms with van der Waals surface area (Å²) in [6, 6.07) is 0. The van der Waals surface area contributed by atoms with Crippen LogP contribution in [0.2, 0.25) is 0 Å². The first-order chi connectivity index (χ1) is 13.7. The zero-order valence-electron chi connectivity index (χ0n) is 18.8. The highest BCUT2D eigenvalue weighted by Crippen LogP contribution is 2.55. The lowest BCUT2D eigenvalue weighted by atomic mass is 9.53. The van der Waals surface area contributed by atoms with E-state index in [9.17, 15) is 0 Å². The molecule has 8 unspecified atom stereocenters. The predicted octanol–water partition coefficient (Wildman–Crippen LogP) is 7.49. The summed E-state index contributed by atoms with van der Waals surface area (Å²) in [5, 5.41) is 0. The van der Waals surface area contributed by atoms with Crippen molar-refractivity contribution in [2.75, 3.05) is 6.61 Å². The van der Waals surface area contributed by atoms with Crippen LogP contribution in [0.25, 0.3) is 0 Å². The van der Waals surface area contributed by atoms with Crippen molar-refractivity contribution in [1.29, 1.82) is 0 Å². The van der Waals surface area contributed by atoms with Crippen molar-refractivity contribution in [2.24, 2.45) is 53.3 Å². The summed E-state index contributed by atoms with van der Waals surface area (Å²) in [6.07, 6.45) is 21.9. The molecule has 1 aliphatic heterocycles. The van der Waals surface area contributed by atoms with Crippen molar-refractivity contribution < 1.29 is 4.74 Å². The van der Waals surface area contributed by atoms with Gasteiger partial charge in [0.1, 0.15) is 0 Å². The number of rotatable bonds is 2. The number of hydrogen-bond acceptors (Lipinski definition) is 1. The highest BCUT2D eigenvalue weighted by Gasteiger charge is 2.46. The summed E-state index contributed by atoms with van der Waals surface area (Å²) < 4.78 is 6.30. The molecule has 28 heavy (non-hydrogen) atoms. The molecule has 5 fully saturated rings. The molecule has 0 bridgehead atoms. The van der Waals surface area contributed by atoms with Gasteiger partial charge in [-0.2, -0.15) is 0 Å². The van der Waals surface area contributed by atoms with E-state index in [4.69, 9.17) is 4.74 Å². The fourth-order valence-electron chi connectivity index (χ4n) is 8.67. The lowest BCUT2D eigenvalue weighted by Gasteiger charge is -2.52. The van der Waals surface area contributed by atoms with Gasteiger partial charge in [0, 0.05) is 6.61 Å². The first-order valence-corrected chi connectivity index (χ1v) is 13.3.